The summed E-state index contributed by atoms with van der Waals surface area (Å²) < 4.78 is 0. The molecule has 2 rings (SSSR count). The highest BCUT2D eigenvalue weighted by molar-refractivity contribution is 6.51. The largest absolute Gasteiger partial charge is 0.292 e. The number of likely N-dealkylation sites (N-methyl/N-ethyl adjacent to an activating group) is 1. The minimum absolute atomic E-state index is 0.0221. The molecule has 0 unspecified atom stereocenters. The second-order valence-corrected chi connectivity index (χ2v) is 4.58. The van der Waals surface area contributed by atoms with Crippen molar-refractivity contribution in [2.45, 2.75) is 6.92 Å². The van der Waals surface area contributed by atoms with Gasteiger partial charge in [0.1, 0.15) is 12.3 Å². The van der Waals surface area contributed by atoms with Crippen molar-refractivity contribution in [3.8, 4) is 0 Å². The van der Waals surface area contributed by atoms with Crippen LogP contribution < -0.4 is 0 Å². The number of hydrazone groups is 1. The molecule has 0 atom stereocenters. The molecule has 1 aromatic carbocycles. The van der Waals surface area contributed by atoms with Crippen molar-refractivity contribution >= 4 is 34.7 Å². The Morgan fingerprint density at radius 2 is 2.00 bits per heavy atom. The Morgan fingerprint density at radius 1 is 1.31 bits per heavy atom. The average Bonchev–Trinajstić information content (AvgIpc) is 2.51. The molecule has 1 heterocycles. The highest BCUT2D eigenvalue weighted by Gasteiger charge is 2.24. The first-order chi connectivity index (χ1) is 7.49. The van der Waals surface area contributed by atoms with Crippen LogP contribution in [0.1, 0.15) is 11.1 Å². The molecule has 5 heteroatoms. The number of Topliss-reactive ketones (excluding diaryl/α,β-unsaturated/α-hetero) is 1. The van der Waals surface area contributed by atoms with E-state index < -0.39 is 0 Å². The van der Waals surface area contributed by atoms with Crippen LogP contribution in [0.3, 0.4) is 0 Å². The van der Waals surface area contributed by atoms with Gasteiger partial charge in [-0.05, 0) is 24.6 Å². The molecule has 0 spiro atoms. The number of hydrogen-bond donors (Lipinski definition) is 0. The van der Waals surface area contributed by atoms with Crippen LogP contribution in [0.5, 0.6) is 0 Å². The third-order valence-corrected chi connectivity index (χ3v) is 3.13. The predicted octanol–water partition coefficient (Wildman–Crippen LogP) is 2.52. The van der Waals surface area contributed by atoms with Crippen LogP contribution in [0.4, 0.5) is 0 Å². The van der Waals surface area contributed by atoms with Crippen LogP contribution in [-0.4, -0.2) is 30.1 Å². The van der Waals surface area contributed by atoms with E-state index in [1.54, 1.807) is 24.2 Å². The molecule has 0 saturated heterocycles. The summed E-state index contributed by atoms with van der Waals surface area (Å²) in [7, 11) is 1.75. The maximum atomic E-state index is 11.7. The molecule has 0 bridgehead atoms. The van der Waals surface area contributed by atoms with Crippen LogP contribution >= 0.6 is 23.2 Å². The number of carbonyl (C=O) groups excluding carboxylic acids is 1. The number of rotatable bonds is 1. The molecule has 0 N–H and O–H groups in total. The predicted molar refractivity (Wildman–Crippen MR) is 65.4 cm³/mol. The number of hydrogen-bond acceptors (Lipinski definition) is 3. The molecule has 0 saturated carbocycles. The van der Waals surface area contributed by atoms with E-state index in [9.17, 15) is 4.79 Å². The summed E-state index contributed by atoms with van der Waals surface area (Å²) in [6, 6.07) is 3.43. The van der Waals surface area contributed by atoms with Crippen LogP contribution in [0, 0.1) is 6.92 Å². The number of nitrogens with zero attached hydrogens (tertiary/aromatic N) is 2. The third-order valence-electron chi connectivity index (χ3n) is 2.41. The van der Waals surface area contributed by atoms with Crippen LogP contribution in [0.2, 0.25) is 10.0 Å². The summed E-state index contributed by atoms with van der Waals surface area (Å²) in [4.78, 5) is 11.7. The van der Waals surface area contributed by atoms with Crippen molar-refractivity contribution in [3.63, 3.8) is 0 Å². The second-order valence-electron chi connectivity index (χ2n) is 3.77. The van der Waals surface area contributed by atoms with Crippen molar-refractivity contribution < 1.29 is 4.79 Å². The molecular weight excluding hydrogens is 247 g/mol. The highest BCUT2D eigenvalue weighted by atomic mass is 35.5. The summed E-state index contributed by atoms with van der Waals surface area (Å²) in [5.41, 5.74) is 1.94. The molecule has 1 aliphatic rings. The summed E-state index contributed by atoms with van der Waals surface area (Å²) in [5.74, 6) is -0.0221. The van der Waals surface area contributed by atoms with Crippen molar-refractivity contribution in [2.75, 3.05) is 13.6 Å². The SMILES string of the molecule is Cc1cc(C2=NN(C)CC2=O)c(Cl)cc1Cl. The van der Waals surface area contributed by atoms with Gasteiger partial charge in [-0.1, -0.05) is 23.2 Å². The first-order valence-corrected chi connectivity index (χ1v) is 5.53. The zero-order valence-electron chi connectivity index (χ0n) is 8.92. The first kappa shape index (κ1) is 11.4. The van der Waals surface area contributed by atoms with Gasteiger partial charge in [0.2, 0.25) is 5.78 Å². The fourth-order valence-electron chi connectivity index (χ4n) is 1.59. The minimum atomic E-state index is -0.0221. The van der Waals surface area contributed by atoms with Gasteiger partial charge >= 0.3 is 0 Å². The summed E-state index contributed by atoms with van der Waals surface area (Å²) in [6.07, 6.45) is 0. The zero-order chi connectivity index (χ0) is 11.9. The molecule has 3 nitrogen and oxygen atoms in total. The third kappa shape index (κ3) is 1.93. The quantitative estimate of drug-likeness (QED) is 0.774. The minimum Gasteiger partial charge on any atom is -0.292 e. The van der Waals surface area contributed by atoms with Gasteiger partial charge in [-0.25, -0.2) is 0 Å². The van der Waals surface area contributed by atoms with Gasteiger partial charge in [0.25, 0.3) is 0 Å². The monoisotopic (exact) mass is 256 g/mol. The molecular formula is C11H10Cl2N2O. The van der Waals surface area contributed by atoms with Gasteiger partial charge < -0.3 is 0 Å². The van der Waals surface area contributed by atoms with Crippen molar-refractivity contribution in [2.24, 2.45) is 5.10 Å². The van der Waals surface area contributed by atoms with E-state index in [1.165, 1.54) is 0 Å². The van der Waals surface area contributed by atoms with Crippen LogP contribution in [0.25, 0.3) is 0 Å². The molecule has 84 valence electrons. The lowest BCUT2D eigenvalue weighted by Gasteiger charge is -2.05. The Bertz CT molecular complexity index is 497. The second kappa shape index (κ2) is 4.07. The van der Waals surface area contributed by atoms with E-state index in [1.807, 2.05) is 6.92 Å². The molecule has 0 fully saturated rings. The topological polar surface area (TPSA) is 32.7 Å². The Hall–Kier alpha value is -1.06. The van der Waals surface area contributed by atoms with Gasteiger partial charge in [0, 0.05) is 17.6 Å². The summed E-state index contributed by atoms with van der Waals surface area (Å²) in [6.45, 7) is 2.17. The molecule has 0 aromatic heterocycles. The Labute approximate surface area is 104 Å². The number of aryl methyl sites for hydroxylation is 1. The summed E-state index contributed by atoms with van der Waals surface area (Å²) >= 11 is 12.0. The molecule has 1 aliphatic heterocycles. The lowest BCUT2D eigenvalue weighted by atomic mass is 10.0. The maximum absolute atomic E-state index is 11.7. The maximum Gasteiger partial charge on any atom is 0.204 e. The Morgan fingerprint density at radius 3 is 2.56 bits per heavy atom. The Balaban J connectivity index is 2.53. The fourth-order valence-corrected chi connectivity index (χ4v) is 2.06. The number of halogens is 2. The lowest BCUT2D eigenvalue weighted by molar-refractivity contribution is -0.112. The molecule has 16 heavy (non-hydrogen) atoms. The van der Waals surface area contributed by atoms with Crippen LogP contribution in [-0.2, 0) is 4.79 Å². The van der Waals surface area contributed by atoms with Gasteiger partial charge in [-0.2, -0.15) is 5.10 Å². The van der Waals surface area contributed by atoms with Gasteiger partial charge in [0.05, 0.1) is 5.02 Å². The van der Waals surface area contributed by atoms with E-state index in [2.05, 4.69) is 5.10 Å². The zero-order valence-corrected chi connectivity index (χ0v) is 10.4. The number of carbonyl (C=O) groups is 1. The van der Waals surface area contributed by atoms with Crippen LogP contribution in [0.15, 0.2) is 17.2 Å². The van der Waals surface area contributed by atoms with E-state index >= 15 is 0 Å². The molecule has 0 amide bonds. The van der Waals surface area contributed by atoms with Gasteiger partial charge in [-0.15, -0.1) is 0 Å². The molecule has 1 aromatic rings. The van der Waals surface area contributed by atoms with Gasteiger partial charge in [-0.3, -0.25) is 9.80 Å². The molecule has 0 aliphatic carbocycles. The lowest BCUT2D eigenvalue weighted by Crippen LogP contribution is -2.16. The standard InChI is InChI=1S/C11H10Cl2N2O/c1-6-3-7(9(13)4-8(6)12)11-10(16)5-15(2)14-11/h3-4H,5H2,1-2H3. The van der Waals surface area contributed by atoms with Crippen molar-refractivity contribution in [1.82, 2.24) is 5.01 Å². The van der Waals surface area contributed by atoms with Gasteiger partial charge in [0.15, 0.2) is 0 Å². The fraction of sp³-hybridized carbons (Fsp3) is 0.273. The Kier molecular flexibility index (Phi) is 2.91. The smallest absolute Gasteiger partial charge is 0.204 e. The normalized spacial score (nSPS) is 15.6. The van der Waals surface area contributed by atoms with E-state index in [0.29, 0.717) is 27.9 Å². The number of ketones is 1. The van der Waals surface area contributed by atoms with E-state index in [-0.39, 0.29) is 5.78 Å². The van der Waals surface area contributed by atoms with E-state index in [4.69, 9.17) is 23.2 Å². The highest BCUT2D eigenvalue weighted by Crippen LogP contribution is 2.26. The first-order valence-electron chi connectivity index (χ1n) is 4.78. The average molecular weight is 257 g/mol. The number of benzene rings is 1. The summed E-state index contributed by atoms with van der Waals surface area (Å²) in [5, 5.41) is 6.79. The van der Waals surface area contributed by atoms with E-state index in [0.717, 1.165) is 5.56 Å². The molecule has 0 radical (unpaired) electrons. The van der Waals surface area contributed by atoms with Crippen molar-refractivity contribution in [3.05, 3.63) is 33.3 Å². The van der Waals surface area contributed by atoms with Crippen molar-refractivity contribution in [1.29, 1.82) is 0 Å².